The van der Waals surface area contributed by atoms with Gasteiger partial charge in [0.2, 0.25) is 0 Å². The van der Waals surface area contributed by atoms with Crippen molar-refractivity contribution in [1.29, 1.82) is 0 Å². The van der Waals surface area contributed by atoms with Crippen molar-refractivity contribution in [2.45, 2.75) is 0 Å². The number of para-hydroxylation sites is 1. The topological polar surface area (TPSA) is 70.6 Å². The molecule has 94 valence electrons. The first kappa shape index (κ1) is 13.4. The second-order valence-corrected chi connectivity index (χ2v) is 3.20. The molecule has 0 unspecified atom stereocenters. The Kier molecular flexibility index (Phi) is 5.98. The number of aliphatic hydroxyl groups excluding tert-OH is 1. The number of halogens is 1. The van der Waals surface area contributed by atoms with Crippen LogP contribution in [-0.2, 0) is 4.74 Å². The molecule has 0 aliphatic rings. The predicted octanol–water partition coefficient (Wildman–Crippen LogP) is 0.956. The molecule has 0 fully saturated rings. The van der Waals surface area contributed by atoms with Gasteiger partial charge in [0.05, 0.1) is 25.5 Å². The maximum absolute atomic E-state index is 13.1. The third-order valence-electron chi connectivity index (χ3n) is 1.89. The van der Waals surface area contributed by atoms with Crippen molar-refractivity contribution in [3.05, 3.63) is 30.1 Å². The number of benzene rings is 1. The summed E-state index contributed by atoms with van der Waals surface area (Å²) in [6, 6.07) is 5.41. The molecule has 0 radical (unpaired) electrons. The molecule has 0 aliphatic heterocycles. The van der Waals surface area contributed by atoms with Crippen LogP contribution < -0.4 is 10.6 Å². The van der Waals surface area contributed by atoms with Crippen LogP contribution in [0.3, 0.4) is 0 Å². The summed E-state index contributed by atoms with van der Waals surface area (Å²) in [5.41, 5.74) is 0.126. The van der Waals surface area contributed by atoms with E-state index >= 15 is 0 Å². The number of amides is 2. The summed E-state index contributed by atoms with van der Waals surface area (Å²) in [5, 5.41) is 13.3. The molecule has 1 aromatic rings. The fourth-order valence-corrected chi connectivity index (χ4v) is 1.13. The highest BCUT2D eigenvalue weighted by atomic mass is 19.1. The zero-order chi connectivity index (χ0) is 12.5. The summed E-state index contributed by atoms with van der Waals surface area (Å²) in [6.07, 6.45) is 0. The highest BCUT2D eigenvalue weighted by Crippen LogP contribution is 2.11. The second kappa shape index (κ2) is 7.59. The minimum absolute atomic E-state index is 0.0541. The monoisotopic (exact) mass is 242 g/mol. The first-order valence-electron chi connectivity index (χ1n) is 5.22. The van der Waals surface area contributed by atoms with E-state index in [1.54, 1.807) is 12.1 Å². The van der Waals surface area contributed by atoms with Gasteiger partial charge in [-0.25, -0.2) is 9.18 Å². The molecule has 0 atom stereocenters. The highest BCUT2D eigenvalue weighted by Gasteiger charge is 2.04. The Labute approximate surface area is 98.6 Å². The van der Waals surface area contributed by atoms with Gasteiger partial charge in [-0.05, 0) is 12.1 Å². The quantitative estimate of drug-likeness (QED) is 0.651. The van der Waals surface area contributed by atoms with Crippen LogP contribution in [0.1, 0.15) is 0 Å². The van der Waals surface area contributed by atoms with Crippen LogP contribution >= 0.6 is 0 Å². The Morgan fingerprint density at radius 1 is 1.35 bits per heavy atom. The van der Waals surface area contributed by atoms with Gasteiger partial charge in [0.15, 0.2) is 0 Å². The van der Waals surface area contributed by atoms with Crippen LogP contribution in [-0.4, -0.2) is 37.5 Å². The number of hydrogen-bond acceptors (Lipinski definition) is 3. The van der Waals surface area contributed by atoms with Gasteiger partial charge in [0.25, 0.3) is 0 Å². The molecule has 6 heteroatoms. The van der Waals surface area contributed by atoms with Crippen molar-refractivity contribution in [3.63, 3.8) is 0 Å². The van der Waals surface area contributed by atoms with E-state index < -0.39 is 11.8 Å². The number of anilines is 1. The molecule has 0 bridgehead atoms. The van der Waals surface area contributed by atoms with Crippen LogP contribution in [0.5, 0.6) is 0 Å². The van der Waals surface area contributed by atoms with Gasteiger partial charge < -0.3 is 20.5 Å². The molecule has 0 spiro atoms. The van der Waals surface area contributed by atoms with Crippen molar-refractivity contribution >= 4 is 11.7 Å². The first-order valence-corrected chi connectivity index (χ1v) is 5.22. The number of aliphatic hydroxyl groups is 1. The lowest BCUT2D eigenvalue weighted by Gasteiger charge is -2.08. The summed E-state index contributed by atoms with van der Waals surface area (Å²) < 4.78 is 18.1. The van der Waals surface area contributed by atoms with Crippen molar-refractivity contribution in [2.75, 3.05) is 31.7 Å². The minimum Gasteiger partial charge on any atom is -0.394 e. The third-order valence-corrected chi connectivity index (χ3v) is 1.89. The number of carbonyl (C=O) groups excluding carboxylic acids is 1. The van der Waals surface area contributed by atoms with Gasteiger partial charge in [0, 0.05) is 6.54 Å². The van der Waals surface area contributed by atoms with Crippen LogP contribution in [0.2, 0.25) is 0 Å². The number of rotatable bonds is 6. The average Bonchev–Trinajstić information content (AvgIpc) is 2.32. The Morgan fingerprint density at radius 2 is 2.12 bits per heavy atom. The average molecular weight is 242 g/mol. The summed E-state index contributed by atoms with van der Waals surface area (Å²) in [5.74, 6) is -0.487. The van der Waals surface area contributed by atoms with E-state index in [9.17, 15) is 9.18 Å². The van der Waals surface area contributed by atoms with Gasteiger partial charge >= 0.3 is 6.03 Å². The van der Waals surface area contributed by atoms with Crippen LogP contribution in [0.15, 0.2) is 24.3 Å². The fraction of sp³-hybridized carbons (Fsp3) is 0.364. The van der Waals surface area contributed by atoms with Gasteiger partial charge in [0.1, 0.15) is 5.82 Å². The van der Waals surface area contributed by atoms with Crippen molar-refractivity contribution in [1.82, 2.24) is 5.32 Å². The van der Waals surface area contributed by atoms with E-state index in [1.165, 1.54) is 12.1 Å². The molecule has 2 amide bonds. The molecule has 17 heavy (non-hydrogen) atoms. The van der Waals surface area contributed by atoms with E-state index in [4.69, 9.17) is 9.84 Å². The molecule has 3 N–H and O–H groups in total. The highest BCUT2D eigenvalue weighted by molar-refractivity contribution is 5.89. The number of hydrogen-bond donors (Lipinski definition) is 3. The zero-order valence-electron chi connectivity index (χ0n) is 9.28. The van der Waals surface area contributed by atoms with Crippen molar-refractivity contribution in [3.8, 4) is 0 Å². The predicted molar refractivity (Wildman–Crippen MR) is 61.3 cm³/mol. The van der Waals surface area contributed by atoms with Gasteiger partial charge in [-0.3, -0.25) is 0 Å². The fourth-order valence-electron chi connectivity index (χ4n) is 1.13. The minimum atomic E-state index is -0.498. The largest absolute Gasteiger partial charge is 0.394 e. The van der Waals surface area contributed by atoms with Crippen LogP contribution in [0, 0.1) is 5.82 Å². The molecular formula is C11H15FN2O3. The van der Waals surface area contributed by atoms with Crippen LogP contribution in [0.4, 0.5) is 14.9 Å². The second-order valence-electron chi connectivity index (χ2n) is 3.20. The Bertz CT molecular complexity index is 360. The Hall–Kier alpha value is -1.66. The number of ether oxygens (including phenoxy) is 1. The first-order chi connectivity index (χ1) is 8.24. The number of carbonyl (C=O) groups is 1. The Morgan fingerprint density at radius 3 is 2.82 bits per heavy atom. The SMILES string of the molecule is O=C(NCCOCCO)Nc1ccccc1F. The summed E-state index contributed by atoms with van der Waals surface area (Å²) in [4.78, 5) is 11.3. The standard InChI is InChI=1S/C11H15FN2O3/c12-9-3-1-2-4-10(9)14-11(16)13-5-7-17-8-6-15/h1-4,15H,5-8H2,(H2,13,14,16). The molecular weight excluding hydrogens is 227 g/mol. The van der Waals surface area contributed by atoms with Gasteiger partial charge in [-0.2, -0.15) is 0 Å². The van der Waals surface area contributed by atoms with Gasteiger partial charge in [-0.15, -0.1) is 0 Å². The van der Waals surface area contributed by atoms with E-state index in [0.29, 0.717) is 13.2 Å². The smallest absolute Gasteiger partial charge is 0.319 e. The van der Waals surface area contributed by atoms with E-state index in [0.717, 1.165) is 0 Å². The normalized spacial score (nSPS) is 10.0. The maximum atomic E-state index is 13.1. The summed E-state index contributed by atoms with van der Waals surface area (Å²) in [7, 11) is 0. The number of urea groups is 1. The lowest BCUT2D eigenvalue weighted by atomic mass is 10.3. The molecule has 1 rings (SSSR count). The zero-order valence-corrected chi connectivity index (χ0v) is 9.28. The Balaban J connectivity index is 2.23. The molecule has 1 aromatic carbocycles. The summed E-state index contributed by atoms with van der Waals surface area (Å²) in [6.45, 7) is 0.767. The lowest BCUT2D eigenvalue weighted by molar-refractivity contribution is 0.0950. The van der Waals surface area contributed by atoms with Crippen molar-refractivity contribution in [2.24, 2.45) is 0 Å². The molecule has 0 saturated carbocycles. The molecule has 0 aliphatic carbocycles. The van der Waals surface area contributed by atoms with E-state index in [2.05, 4.69) is 10.6 Å². The summed E-state index contributed by atoms with van der Waals surface area (Å²) >= 11 is 0. The van der Waals surface area contributed by atoms with Gasteiger partial charge in [-0.1, -0.05) is 12.1 Å². The maximum Gasteiger partial charge on any atom is 0.319 e. The third kappa shape index (κ3) is 5.28. The molecule has 0 heterocycles. The van der Waals surface area contributed by atoms with Crippen molar-refractivity contribution < 1.29 is 19.0 Å². The molecule has 5 nitrogen and oxygen atoms in total. The van der Waals surface area contributed by atoms with E-state index in [-0.39, 0.29) is 18.9 Å². The van der Waals surface area contributed by atoms with E-state index in [1.807, 2.05) is 0 Å². The molecule has 0 saturated heterocycles. The molecule has 0 aromatic heterocycles. The number of nitrogens with one attached hydrogen (secondary N) is 2. The van der Waals surface area contributed by atoms with Crippen LogP contribution in [0.25, 0.3) is 0 Å². The lowest BCUT2D eigenvalue weighted by Crippen LogP contribution is -2.32.